The van der Waals surface area contributed by atoms with Crippen molar-refractivity contribution in [2.45, 2.75) is 25.3 Å². The molecular formula is C30H30ClN3O2. The van der Waals surface area contributed by atoms with Gasteiger partial charge in [-0.3, -0.25) is 4.79 Å². The highest BCUT2D eigenvalue weighted by molar-refractivity contribution is 6.31. The number of allylic oxidation sites excluding steroid dienone is 3. The molecule has 0 radical (unpaired) electrons. The summed E-state index contributed by atoms with van der Waals surface area (Å²) < 4.78 is 5.33. The first kappa shape index (κ1) is 25.3. The Hall–Kier alpha value is -3.83. The second kappa shape index (κ2) is 11.3. The molecule has 0 spiro atoms. The van der Waals surface area contributed by atoms with Crippen LogP contribution in [-0.2, 0) is 17.6 Å². The topological polar surface area (TPSA) is 54.5 Å². The first-order valence-electron chi connectivity index (χ1n) is 11.8. The first-order valence-corrected chi connectivity index (χ1v) is 12.2. The van der Waals surface area contributed by atoms with Gasteiger partial charge in [0.05, 0.1) is 7.11 Å². The van der Waals surface area contributed by atoms with Crippen molar-refractivity contribution in [3.8, 4) is 5.75 Å². The summed E-state index contributed by atoms with van der Waals surface area (Å²) in [4.78, 5) is 19.5. The Morgan fingerprint density at radius 1 is 1.14 bits per heavy atom. The van der Waals surface area contributed by atoms with Crippen molar-refractivity contribution >= 4 is 34.1 Å². The fraction of sp³-hybridized carbons (Fsp3) is 0.200. The summed E-state index contributed by atoms with van der Waals surface area (Å²) in [6, 6.07) is 13.9. The number of anilines is 1. The number of halogens is 1. The van der Waals surface area contributed by atoms with Crippen molar-refractivity contribution in [3.05, 3.63) is 114 Å². The van der Waals surface area contributed by atoms with E-state index in [1.165, 1.54) is 11.1 Å². The zero-order chi connectivity index (χ0) is 25.7. The second-order valence-corrected chi connectivity index (χ2v) is 9.17. The van der Waals surface area contributed by atoms with E-state index in [-0.39, 0.29) is 11.9 Å². The Labute approximate surface area is 217 Å². The van der Waals surface area contributed by atoms with Crippen molar-refractivity contribution in [1.82, 2.24) is 10.3 Å². The van der Waals surface area contributed by atoms with Gasteiger partial charge >= 0.3 is 0 Å². The van der Waals surface area contributed by atoms with Gasteiger partial charge in [-0.2, -0.15) is 0 Å². The van der Waals surface area contributed by atoms with Crippen LogP contribution in [0.2, 0.25) is 5.02 Å². The normalized spacial score (nSPS) is 15.7. The number of hydrogen-bond donors (Lipinski definition) is 1. The second-order valence-electron chi connectivity index (χ2n) is 8.73. The number of benzene rings is 2. The van der Waals surface area contributed by atoms with Crippen LogP contribution in [0.5, 0.6) is 5.75 Å². The van der Waals surface area contributed by atoms with Crippen LogP contribution in [0.4, 0.5) is 5.82 Å². The van der Waals surface area contributed by atoms with Crippen LogP contribution in [0.15, 0.2) is 97.4 Å². The third kappa shape index (κ3) is 5.52. The summed E-state index contributed by atoms with van der Waals surface area (Å²) in [5, 5.41) is 5.78. The molecule has 6 heteroatoms. The molecule has 1 aromatic heterocycles. The molecule has 1 heterocycles. The minimum atomic E-state index is -0.149. The van der Waals surface area contributed by atoms with Gasteiger partial charge < -0.3 is 15.0 Å². The van der Waals surface area contributed by atoms with Gasteiger partial charge in [-0.05, 0) is 84.3 Å². The van der Waals surface area contributed by atoms with E-state index in [2.05, 4.69) is 35.6 Å². The Morgan fingerprint density at radius 2 is 1.97 bits per heavy atom. The Balaban J connectivity index is 1.51. The number of hydrogen-bond acceptors (Lipinski definition) is 4. The number of amides is 1. The largest absolute Gasteiger partial charge is 0.497 e. The molecule has 0 saturated heterocycles. The number of methoxy groups -OCH3 is 1. The van der Waals surface area contributed by atoms with E-state index < -0.39 is 0 Å². The number of pyridine rings is 1. The molecule has 1 aliphatic carbocycles. The van der Waals surface area contributed by atoms with E-state index in [1.54, 1.807) is 31.5 Å². The van der Waals surface area contributed by atoms with Gasteiger partial charge in [0.1, 0.15) is 11.6 Å². The van der Waals surface area contributed by atoms with Crippen molar-refractivity contribution in [3.63, 3.8) is 0 Å². The number of ether oxygens (including phenoxy) is 1. The van der Waals surface area contributed by atoms with Crippen LogP contribution in [0.25, 0.3) is 10.8 Å². The molecule has 1 N–H and O–H groups in total. The van der Waals surface area contributed by atoms with Gasteiger partial charge in [0.25, 0.3) is 5.91 Å². The number of carbonyl (C=O) groups is 1. The van der Waals surface area contributed by atoms with Crippen LogP contribution in [0.3, 0.4) is 0 Å². The fourth-order valence-electron chi connectivity index (χ4n) is 4.49. The van der Waals surface area contributed by atoms with Crippen LogP contribution < -0.4 is 15.0 Å². The van der Waals surface area contributed by atoms with E-state index >= 15 is 0 Å². The summed E-state index contributed by atoms with van der Waals surface area (Å²) in [5.74, 6) is 1.46. The highest BCUT2D eigenvalue weighted by Gasteiger charge is 2.21. The SMILES string of the molecule is C=C/C(=C\C=C(/C=C)N(C)c1nccc2ccc(Cl)cc12)C(=O)NC1CCc2cc(OC)ccc2C1. The van der Waals surface area contributed by atoms with Gasteiger partial charge in [0, 0.05) is 41.0 Å². The third-order valence-electron chi connectivity index (χ3n) is 6.51. The maximum Gasteiger partial charge on any atom is 0.251 e. The number of nitrogens with zero attached hydrogens (tertiary/aromatic N) is 2. The summed E-state index contributed by atoms with van der Waals surface area (Å²) in [5.41, 5.74) is 3.79. The maximum absolute atomic E-state index is 13.0. The van der Waals surface area contributed by atoms with Crippen LogP contribution in [0.1, 0.15) is 17.5 Å². The molecule has 1 atom stereocenters. The molecule has 1 unspecified atom stereocenters. The van der Waals surface area contributed by atoms with Crippen molar-refractivity contribution < 1.29 is 9.53 Å². The van der Waals surface area contributed by atoms with Gasteiger partial charge in [0.15, 0.2) is 0 Å². The van der Waals surface area contributed by atoms with Gasteiger partial charge in [-0.25, -0.2) is 4.98 Å². The molecule has 36 heavy (non-hydrogen) atoms. The molecule has 184 valence electrons. The average Bonchev–Trinajstić information content (AvgIpc) is 2.90. The van der Waals surface area contributed by atoms with E-state index in [0.717, 1.165) is 47.3 Å². The van der Waals surface area contributed by atoms with Crippen molar-refractivity contribution in [1.29, 1.82) is 0 Å². The van der Waals surface area contributed by atoms with Crippen LogP contribution in [0, 0.1) is 0 Å². The summed E-state index contributed by atoms with van der Waals surface area (Å²) in [7, 11) is 3.58. The monoisotopic (exact) mass is 499 g/mol. The number of fused-ring (bicyclic) bond motifs is 2. The van der Waals surface area contributed by atoms with Crippen molar-refractivity contribution in [2.75, 3.05) is 19.1 Å². The number of rotatable bonds is 8. The van der Waals surface area contributed by atoms with Gasteiger partial charge in [0.2, 0.25) is 0 Å². The maximum atomic E-state index is 13.0. The van der Waals surface area contributed by atoms with Gasteiger partial charge in [-0.1, -0.05) is 43.0 Å². The predicted octanol–water partition coefficient (Wildman–Crippen LogP) is 6.19. The Morgan fingerprint density at radius 3 is 2.72 bits per heavy atom. The van der Waals surface area contributed by atoms with Gasteiger partial charge in [-0.15, -0.1) is 0 Å². The Kier molecular flexibility index (Phi) is 7.91. The van der Waals surface area contributed by atoms with E-state index in [1.807, 2.05) is 48.4 Å². The summed E-state index contributed by atoms with van der Waals surface area (Å²) >= 11 is 6.23. The molecule has 0 bridgehead atoms. The first-order chi connectivity index (χ1) is 17.4. The highest BCUT2D eigenvalue weighted by atomic mass is 35.5. The highest BCUT2D eigenvalue weighted by Crippen LogP contribution is 2.29. The minimum Gasteiger partial charge on any atom is -0.497 e. The van der Waals surface area contributed by atoms with Crippen molar-refractivity contribution in [2.24, 2.45) is 0 Å². The number of likely N-dealkylation sites (N-methyl/N-ethyl adjacent to an activating group) is 1. The standard InChI is InChI=1S/C30H30ClN3O2/c1-5-20(30(35)33-25-12-8-23-18-27(36-4)14-10-22(23)17-25)9-13-26(6-2)34(3)29-28-19-24(31)11-7-21(28)15-16-32-29/h5-7,9-11,13-16,18-19,25H,1-2,8,12,17H2,3-4H3,(H,33,35)/b20-9+,26-13+. The van der Waals surface area contributed by atoms with Crippen LogP contribution in [-0.4, -0.2) is 31.1 Å². The number of aryl methyl sites for hydroxylation is 1. The summed E-state index contributed by atoms with van der Waals surface area (Å²) in [6.45, 7) is 7.80. The molecular weight excluding hydrogens is 470 g/mol. The lowest BCUT2D eigenvalue weighted by atomic mass is 9.88. The van der Waals surface area contributed by atoms with Crippen LogP contribution >= 0.6 is 11.6 Å². The zero-order valence-electron chi connectivity index (χ0n) is 20.6. The molecule has 1 aliphatic rings. The lowest BCUT2D eigenvalue weighted by Crippen LogP contribution is -2.39. The van der Waals surface area contributed by atoms with E-state index in [0.29, 0.717) is 10.6 Å². The molecule has 4 rings (SSSR count). The lowest BCUT2D eigenvalue weighted by molar-refractivity contribution is -0.117. The number of carbonyl (C=O) groups excluding carboxylic acids is 1. The zero-order valence-corrected chi connectivity index (χ0v) is 21.4. The van der Waals surface area contributed by atoms with E-state index in [9.17, 15) is 4.79 Å². The quantitative estimate of drug-likeness (QED) is 0.296. The number of nitrogens with one attached hydrogen (secondary N) is 1. The molecule has 5 nitrogen and oxygen atoms in total. The minimum absolute atomic E-state index is 0.0666. The Bertz CT molecular complexity index is 1380. The molecule has 0 fully saturated rings. The molecule has 0 saturated carbocycles. The molecule has 1 amide bonds. The third-order valence-corrected chi connectivity index (χ3v) is 6.75. The predicted molar refractivity (Wildman–Crippen MR) is 149 cm³/mol. The lowest BCUT2D eigenvalue weighted by Gasteiger charge is -2.26. The average molecular weight is 500 g/mol. The molecule has 2 aromatic carbocycles. The molecule has 0 aliphatic heterocycles. The van der Waals surface area contributed by atoms with E-state index in [4.69, 9.17) is 16.3 Å². The summed E-state index contributed by atoms with van der Waals surface area (Å²) in [6.07, 6.45) is 11.2. The number of aromatic nitrogens is 1. The molecule has 3 aromatic rings. The smallest absolute Gasteiger partial charge is 0.251 e. The fourth-order valence-corrected chi connectivity index (χ4v) is 4.67.